The van der Waals surface area contributed by atoms with Crippen molar-refractivity contribution < 1.29 is 37.6 Å². The third-order valence-corrected chi connectivity index (χ3v) is 20.2. The van der Waals surface area contributed by atoms with Gasteiger partial charge in [0.05, 0.1) is 13.2 Å². The Morgan fingerprint density at radius 2 is 0.547 bits per heavy atom. The predicted molar refractivity (Wildman–Crippen MR) is 413 cm³/mol. The fraction of sp³-hybridized carbons (Fsp3) is 0.882. The predicted octanol–water partition coefficient (Wildman–Crippen LogP) is 28.3. The van der Waals surface area contributed by atoms with Gasteiger partial charge in [-0.15, -0.1) is 0 Å². The largest absolute Gasteiger partial charge is 0.472 e. The molecule has 10 heteroatoms. The first-order valence-electron chi connectivity index (χ1n) is 42.1. The summed E-state index contributed by atoms with van der Waals surface area (Å²) in [6.45, 7) is 3.82. The van der Waals surface area contributed by atoms with Gasteiger partial charge in [0.1, 0.15) is 6.61 Å². The minimum absolute atomic E-state index is 0.0562. The molecule has 560 valence electrons. The molecule has 2 atom stereocenters. The van der Waals surface area contributed by atoms with E-state index in [-0.39, 0.29) is 38.6 Å². The number of esters is 2. The molecule has 0 aromatic carbocycles. The van der Waals surface area contributed by atoms with Crippen molar-refractivity contribution in [2.75, 3.05) is 26.4 Å². The second-order valence-electron chi connectivity index (χ2n) is 28.7. The molecule has 95 heavy (non-hydrogen) atoms. The Balaban J connectivity index is 3.73. The molecule has 0 saturated carbocycles. The van der Waals surface area contributed by atoms with Crippen molar-refractivity contribution in [3.05, 3.63) is 48.6 Å². The molecule has 0 bridgehead atoms. The molecule has 0 aliphatic carbocycles. The average Bonchev–Trinajstić information content (AvgIpc) is 2.64. The van der Waals surface area contributed by atoms with Gasteiger partial charge >= 0.3 is 19.8 Å². The number of carbonyl (C=O) groups is 2. The molecular formula is C85H162NO8P. The van der Waals surface area contributed by atoms with Crippen LogP contribution in [0.25, 0.3) is 0 Å². The number of ether oxygens (including phenoxy) is 2. The smallest absolute Gasteiger partial charge is 0.462 e. The second kappa shape index (κ2) is 80.9. The Kier molecular flexibility index (Phi) is 79.2. The Hall–Kier alpha value is -2.03. The molecule has 0 radical (unpaired) electrons. The van der Waals surface area contributed by atoms with Crippen LogP contribution in [0.1, 0.15) is 450 Å². The molecule has 0 amide bonds. The molecule has 0 aliphatic heterocycles. The Labute approximate surface area is 591 Å². The molecule has 0 aliphatic rings. The topological polar surface area (TPSA) is 134 Å². The molecule has 3 N–H and O–H groups in total. The number of carbonyl (C=O) groups excluding carboxylic acids is 2. The first-order valence-corrected chi connectivity index (χ1v) is 43.6. The molecular weight excluding hydrogens is 1190 g/mol. The maximum Gasteiger partial charge on any atom is 0.472 e. The summed E-state index contributed by atoms with van der Waals surface area (Å²) < 4.78 is 33.3. The fourth-order valence-corrected chi connectivity index (χ4v) is 13.7. The summed E-state index contributed by atoms with van der Waals surface area (Å²) in [5, 5.41) is 0. The summed E-state index contributed by atoms with van der Waals surface area (Å²) in [7, 11) is -4.40. The Bertz CT molecular complexity index is 1700. The van der Waals surface area contributed by atoms with Crippen LogP contribution in [-0.2, 0) is 32.7 Å². The number of phosphoric ester groups is 1. The van der Waals surface area contributed by atoms with Gasteiger partial charge in [0, 0.05) is 19.4 Å². The number of hydrogen-bond donors (Lipinski definition) is 2. The summed E-state index contributed by atoms with van der Waals surface area (Å²) in [6, 6.07) is 0. The lowest BCUT2D eigenvalue weighted by Gasteiger charge is -2.19. The zero-order chi connectivity index (χ0) is 68.6. The molecule has 9 nitrogen and oxygen atoms in total. The highest BCUT2D eigenvalue weighted by Crippen LogP contribution is 2.43. The molecule has 0 aromatic heterocycles. The SMILES string of the molecule is CCCCCCC/C=C\C/C=C\C/C=C\CCCCCCCCCCCCCCCCCCCCCCCCC(=O)OC(COC(=O)CCCCCCCCCCCCCCCCCCCCCCCCCCC/C=C\CCCCCCCCCC)COP(=O)(O)OCCN. The van der Waals surface area contributed by atoms with Gasteiger partial charge < -0.3 is 20.1 Å². The summed E-state index contributed by atoms with van der Waals surface area (Å²) in [6.07, 6.45) is 106. The van der Waals surface area contributed by atoms with Crippen LogP contribution in [0.15, 0.2) is 48.6 Å². The highest BCUT2D eigenvalue weighted by Gasteiger charge is 2.26. The molecule has 0 heterocycles. The number of allylic oxidation sites excluding steroid dienone is 8. The van der Waals surface area contributed by atoms with E-state index >= 15 is 0 Å². The van der Waals surface area contributed by atoms with E-state index in [4.69, 9.17) is 24.3 Å². The molecule has 0 spiro atoms. The lowest BCUT2D eigenvalue weighted by molar-refractivity contribution is -0.161. The average molecular weight is 1360 g/mol. The van der Waals surface area contributed by atoms with E-state index in [0.717, 1.165) is 44.9 Å². The van der Waals surface area contributed by atoms with Crippen molar-refractivity contribution in [1.82, 2.24) is 0 Å². The summed E-state index contributed by atoms with van der Waals surface area (Å²) in [4.78, 5) is 35.5. The van der Waals surface area contributed by atoms with Crippen molar-refractivity contribution in [2.45, 2.75) is 457 Å². The third-order valence-electron chi connectivity index (χ3n) is 19.2. The zero-order valence-electron chi connectivity index (χ0n) is 63.4. The van der Waals surface area contributed by atoms with Crippen LogP contribution in [0.4, 0.5) is 0 Å². The highest BCUT2D eigenvalue weighted by atomic mass is 31.2. The standard InChI is InChI=1S/C85H162NO8P/c1-3-5-7-9-11-13-15-17-19-21-23-25-27-29-31-33-35-37-39-41-43-45-47-49-51-53-55-57-59-61-63-65-67-69-71-73-75-77-84(87)91-81-83(82-93-95(89,90)92-80-79-86)94-85(88)78-76-74-72-70-68-66-64-62-60-58-56-54-52-50-48-46-44-42-40-38-36-34-32-30-28-26-24-22-20-18-16-14-12-10-8-6-4-2/h16,18,21-24,28,30,83H,3-15,17,19-20,25-27,29,31-82,86H2,1-2H3,(H,89,90)/b18-16-,23-21-,24-22-,30-28-. The van der Waals surface area contributed by atoms with Gasteiger partial charge in [-0.05, 0) is 77.0 Å². The maximum atomic E-state index is 12.8. The van der Waals surface area contributed by atoms with E-state index in [0.29, 0.717) is 6.42 Å². The van der Waals surface area contributed by atoms with Gasteiger partial charge in [0.15, 0.2) is 6.10 Å². The maximum absolute atomic E-state index is 12.8. The van der Waals surface area contributed by atoms with Gasteiger partial charge in [0.2, 0.25) is 0 Å². The number of nitrogens with two attached hydrogens (primary N) is 1. The van der Waals surface area contributed by atoms with Crippen molar-refractivity contribution in [3.63, 3.8) is 0 Å². The number of rotatable bonds is 81. The Morgan fingerprint density at radius 3 is 0.821 bits per heavy atom. The van der Waals surface area contributed by atoms with E-state index in [1.54, 1.807) is 0 Å². The molecule has 0 saturated heterocycles. The van der Waals surface area contributed by atoms with Gasteiger partial charge in [-0.25, -0.2) is 4.57 Å². The third kappa shape index (κ3) is 80.8. The quantitative estimate of drug-likeness (QED) is 0.0264. The van der Waals surface area contributed by atoms with E-state index in [1.165, 1.54) is 372 Å². The normalized spacial score (nSPS) is 13.0. The number of hydrogen-bond acceptors (Lipinski definition) is 8. The van der Waals surface area contributed by atoms with Gasteiger partial charge in [-0.3, -0.25) is 18.6 Å². The van der Waals surface area contributed by atoms with Crippen molar-refractivity contribution in [3.8, 4) is 0 Å². The van der Waals surface area contributed by atoms with Crippen LogP contribution < -0.4 is 5.73 Å². The first kappa shape index (κ1) is 93.0. The molecule has 0 fully saturated rings. The summed E-state index contributed by atoms with van der Waals surface area (Å²) in [5.41, 5.74) is 5.42. The van der Waals surface area contributed by atoms with E-state index in [1.807, 2.05) is 0 Å². The van der Waals surface area contributed by atoms with Crippen LogP contribution in [0.5, 0.6) is 0 Å². The molecule has 0 rings (SSSR count). The van der Waals surface area contributed by atoms with Gasteiger partial charge in [-0.1, -0.05) is 409 Å². The number of unbranched alkanes of at least 4 members (excludes halogenated alkanes) is 60. The fourth-order valence-electron chi connectivity index (χ4n) is 12.9. The van der Waals surface area contributed by atoms with Crippen LogP contribution >= 0.6 is 7.82 Å². The lowest BCUT2D eigenvalue weighted by atomic mass is 10.0. The minimum Gasteiger partial charge on any atom is -0.462 e. The zero-order valence-corrected chi connectivity index (χ0v) is 64.3. The van der Waals surface area contributed by atoms with Crippen molar-refractivity contribution in [2.24, 2.45) is 5.73 Å². The highest BCUT2D eigenvalue weighted by molar-refractivity contribution is 7.47. The van der Waals surface area contributed by atoms with Crippen molar-refractivity contribution >= 4 is 19.8 Å². The van der Waals surface area contributed by atoms with Gasteiger partial charge in [-0.2, -0.15) is 0 Å². The van der Waals surface area contributed by atoms with E-state index < -0.39 is 26.5 Å². The lowest BCUT2D eigenvalue weighted by Crippen LogP contribution is -2.29. The second-order valence-corrected chi connectivity index (χ2v) is 30.2. The van der Waals surface area contributed by atoms with Crippen molar-refractivity contribution in [1.29, 1.82) is 0 Å². The van der Waals surface area contributed by atoms with E-state index in [9.17, 15) is 19.0 Å². The minimum atomic E-state index is -4.40. The van der Waals surface area contributed by atoms with Gasteiger partial charge in [0.25, 0.3) is 0 Å². The first-order chi connectivity index (χ1) is 46.8. The summed E-state index contributed by atoms with van der Waals surface area (Å²) in [5.74, 6) is -0.800. The Morgan fingerprint density at radius 1 is 0.316 bits per heavy atom. The van der Waals surface area contributed by atoms with Crippen LogP contribution in [0.3, 0.4) is 0 Å². The van der Waals surface area contributed by atoms with Crippen LogP contribution in [0.2, 0.25) is 0 Å². The van der Waals surface area contributed by atoms with E-state index in [2.05, 4.69) is 62.5 Å². The number of phosphoric acid groups is 1. The van der Waals surface area contributed by atoms with Crippen LogP contribution in [-0.4, -0.2) is 49.3 Å². The molecule has 2 unspecified atom stereocenters. The molecule has 0 aromatic rings. The summed E-state index contributed by atoms with van der Waals surface area (Å²) >= 11 is 0. The van der Waals surface area contributed by atoms with Crippen LogP contribution in [0, 0.1) is 0 Å². The monoisotopic (exact) mass is 1360 g/mol.